The molecule has 2 aliphatic rings. The smallest absolute Gasteiger partial charge is 0.372 e. The Kier molecular flexibility index (Phi) is 15.1. The number of halogens is 6. The van der Waals surface area contributed by atoms with Crippen molar-refractivity contribution in [2.45, 2.75) is 108 Å². The third-order valence-corrected chi connectivity index (χ3v) is 11.3. The monoisotopic (exact) mass is 826 g/mol. The Bertz CT molecular complexity index is 1960. The van der Waals surface area contributed by atoms with Crippen LogP contribution < -0.4 is 21.7 Å². The molecule has 2 heterocycles. The van der Waals surface area contributed by atoms with Gasteiger partial charge in [0.15, 0.2) is 0 Å². The van der Waals surface area contributed by atoms with Gasteiger partial charge in [-0.15, -0.1) is 0 Å². The molecule has 0 radical (unpaired) electrons. The normalized spacial score (nSPS) is 23.4. The van der Waals surface area contributed by atoms with Crippen molar-refractivity contribution in [2.24, 2.45) is 5.73 Å². The first-order valence-corrected chi connectivity index (χ1v) is 20.0. The fraction of sp³-hybridized carbons (Fsp3) is 0.457. The molecule has 13 heteroatoms. The first-order chi connectivity index (χ1) is 27.8. The number of carbonyl (C=O) groups excluding carboxylic acids is 1. The van der Waals surface area contributed by atoms with Crippen molar-refractivity contribution in [3.63, 3.8) is 0 Å². The van der Waals surface area contributed by atoms with Gasteiger partial charge in [-0.05, 0) is 99.9 Å². The van der Waals surface area contributed by atoms with E-state index >= 15 is 0 Å². The van der Waals surface area contributed by atoms with Gasteiger partial charge in [0.2, 0.25) is 5.91 Å². The summed E-state index contributed by atoms with van der Waals surface area (Å²) in [5.41, 5.74) is 8.20. The van der Waals surface area contributed by atoms with Gasteiger partial charge in [-0.2, -0.15) is 26.3 Å². The van der Waals surface area contributed by atoms with Crippen molar-refractivity contribution in [3.05, 3.63) is 142 Å². The van der Waals surface area contributed by atoms with Crippen LogP contribution in [0.3, 0.4) is 0 Å². The minimum atomic E-state index is -4.39. The molecule has 0 spiro atoms. The molecule has 0 aromatic heterocycles. The lowest BCUT2D eigenvalue weighted by Crippen LogP contribution is -2.57. The van der Waals surface area contributed by atoms with Crippen molar-refractivity contribution < 1.29 is 40.6 Å². The van der Waals surface area contributed by atoms with Crippen molar-refractivity contribution in [3.8, 4) is 0 Å². The summed E-state index contributed by atoms with van der Waals surface area (Å²) in [4.78, 5) is 11.4. The van der Waals surface area contributed by atoms with E-state index < -0.39 is 41.2 Å². The SMILES string of the molecule is CC(=O)N[C@H]1CC[C@@](CO[C@H](C)c2cc(C)cc(C(F)(F)F)c2)(c2ccccc2)NC1.Cc1cc([C@@H](C)OC[C@@]2(c3ccccc3)CCC(N)CN2)cc(C(F)(F)F)c1. The molecule has 1 amide bonds. The molecule has 7 nitrogen and oxygen atoms in total. The molecule has 6 rings (SSSR count). The third kappa shape index (κ3) is 12.4. The van der Waals surface area contributed by atoms with Crippen LogP contribution in [0.25, 0.3) is 0 Å². The number of nitrogens with two attached hydrogens (primary N) is 1. The minimum absolute atomic E-state index is 0.0397. The number of alkyl halides is 6. The van der Waals surface area contributed by atoms with Gasteiger partial charge in [0, 0.05) is 32.1 Å². The van der Waals surface area contributed by atoms with Crippen molar-refractivity contribution in [1.29, 1.82) is 0 Å². The second kappa shape index (κ2) is 19.4. The summed E-state index contributed by atoms with van der Waals surface area (Å²) >= 11 is 0. The molecule has 320 valence electrons. The molecule has 4 aromatic rings. The standard InChI is InChI=1S/C24H29F3N2O2.C22H27F3N2O/c1-16-11-19(13-21(12-16)24(25,26)27)17(2)31-15-23(20-7-5-4-6-8-20)10-9-22(14-28-23)29-18(3)30;1-15-10-17(12-19(11-15)22(23,24)25)16(2)28-14-21(9-8-20(26)13-27-21)18-6-4-3-5-7-18/h4-8,11-13,17,22,28H,9-10,14-15H2,1-3H3,(H,29,30);3-7,10-12,16,20,27H,8-9,13-14,26H2,1-2H3/t17-,22+,23-;16-,20?,21-/m11/s1. The zero-order valence-electron chi connectivity index (χ0n) is 34.3. The van der Waals surface area contributed by atoms with Gasteiger partial charge in [-0.3, -0.25) is 4.79 Å². The van der Waals surface area contributed by atoms with Gasteiger partial charge in [-0.1, -0.05) is 83.9 Å². The lowest BCUT2D eigenvalue weighted by atomic mass is 9.81. The number of aryl methyl sites for hydroxylation is 2. The summed E-state index contributed by atoms with van der Waals surface area (Å²) in [5, 5.41) is 10.0. The number of hydrogen-bond acceptors (Lipinski definition) is 6. The zero-order chi connectivity index (χ0) is 43.0. The Morgan fingerprint density at radius 1 is 0.712 bits per heavy atom. The Labute approximate surface area is 343 Å². The quantitative estimate of drug-likeness (QED) is 0.113. The Balaban J connectivity index is 0.000000225. The number of hydrogen-bond donors (Lipinski definition) is 4. The summed E-state index contributed by atoms with van der Waals surface area (Å²) in [6, 6.07) is 28.2. The molecular formula is C46H56F6N4O3. The molecule has 2 aliphatic heterocycles. The van der Waals surface area contributed by atoms with Crippen LogP contribution in [0.1, 0.15) is 103 Å². The molecule has 59 heavy (non-hydrogen) atoms. The van der Waals surface area contributed by atoms with Crippen LogP contribution in [-0.2, 0) is 37.7 Å². The molecular weight excluding hydrogens is 771 g/mol. The van der Waals surface area contributed by atoms with Crippen LogP contribution in [0.5, 0.6) is 0 Å². The molecule has 0 saturated carbocycles. The Morgan fingerprint density at radius 3 is 1.49 bits per heavy atom. The van der Waals surface area contributed by atoms with E-state index in [0.717, 1.165) is 55.0 Å². The van der Waals surface area contributed by atoms with E-state index in [4.69, 9.17) is 15.2 Å². The van der Waals surface area contributed by atoms with E-state index in [2.05, 4.69) is 16.0 Å². The van der Waals surface area contributed by atoms with Crippen LogP contribution in [0, 0.1) is 13.8 Å². The molecule has 6 atom stereocenters. The van der Waals surface area contributed by atoms with Gasteiger partial charge < -0.3 is 31.2 Å². The zero-order valence-corrected chi connectivity index (χ0v) is 34.3. The largest absolute Gasteiger partial charge is 0.416 e. The van der Waals surface area contributed by atoms with Gasteiger partial charge in [0.05, 0.1) is 47.6 Å². The summed E-state index contributed by atoms with van der Waals surface area (Å²) in [6.07, 6.45) is -6.54. The topological polar surface area (TPSA) is 97.6 Å². The molecule has 0 aliphatic carbocycles. The molecule has 2 saturated heterocycles. The second-order valence-electron chi connectivity index (χ2n) is 16.1. The summed E-state index contributed by atoms with van der Waals surface area (Å²) in [5.74, 6) is -0.0659. The number of rotatable bonds is 11. The number of carbonyl (C=O) groups is 1. The minimum Gasteiger partial charge on any atom is -0.372 e. The maximum absolute atomic E-state index is 13.2. The van der Waals surface area contributed by atoms with Gasteiger partial charge in [-0.25, -0.2) is 0 Å². The van der Waals surface area contributed by atoms with Gasteiger partial charge in [0.25, 0.3) is 0 Å². The van der Waals surface area contributed by atoms with Crippen LogP contribution in [0.15, 0.2) is 97.1 Å². The highest BCUT2D eigenvalue weighted by Gasteiger charge is 2.39. The van der Waals surface area contributed by atoms with E-state index in [9.17, 15) is 31.1 Å². The van der Waals surface area contributed by atoms with Crippen LogP contribution >= 0.6 is 0 Å². The maximum atomic E-state index is 13.2. The molecule has 1 unspecified atom stereocenters. The number of piperidine rings is 2. The molecule has 4 aromatic carbocycles. The van der Waals surface area contributed by atoms with Crippen LogP contribution in [-0.4, -0.2) is 44.3 Å². The number of nitrogens with one attached hydrogen (secondary N) is 3. The molecule has 2 fully saturated rings. The van der Waals surface area contributed by atoms with Gasteiger partial charge in [0.1, 0.15) is 0 Å². The first-order valence-electron chi connectivity index (χ1n) is 20.0. The summed E-state index contributed by atoms with van der Waals surface area (Å²) < 4.78 is 91.3. The van der Waals surface area contributed by atoms with Crippen molar-refractivity contribution >= 4 is 5.91 Å². The number of amides is 1. The van der Waals surface area contributed by atoms with E-state index in [0.29, 0.717) is 48.6 Å². The Hall–Kier alpha value is -4.27. The average molecular weight is 827 g/mol. The lowest BCUT2D eigenvalue weighted by molar-refractivity contribution is -0.138. The fourth-order valence-electron chi connectivity index (χ4n) is 7.86. The third-order valence-electron chi connectivity index (χ3n) is 11.3. The van der Waals surface area contributed by atoms with Crippen molar-refractivity contribution in [1.82, 2.24) is 16.0 Å². The van der Waals surface area contributed by atoms with E-state index in [1.54, 1.807) is 39.8 Å². The number of ether oxygens (including phenoxy) is 2. The Morgan fingerprint density at radius 2 is 1.14 bits per heavy atom. The van der Waals surface area contributed by atoms with E-state index in [1.807, 2.05) is 60.7 Å². The second-order valence-corrected chi connectivity index (χ2v) is 16.1. The van der Waals surface area contributed by atoms with Gasteiger partial charge >= 0.3 is 12.4 Å². The van der Waals surface area contributed by atoms with Crippen molar-refractivity contribution in [2.75, 3.05) is 26.3 Å². The molecule has 0 bridgehead atoms. The molecule has 5 N–H and O–H groups in total. The van der Waals surface area contributed by atoms with Crippen LogP contribution in [0.2, 0.25) is 0 Å². The highest BCUT2D eigenvalue weighted by molar-refractivity contribution is 5.73. The first kappa shape index (κ1) is 45.8. The average Bonchev–Trinajstić information content (AvgIpc) is 3.20. The summed E-state index contributed by atoms with van der Waals surface area (Å²) in [6.45, 7) is 10.3. The lowest BCUT2D eigenvalue weighted by Gasteiger charge is -2.42. The predicted molar refractivity (Wildman–Crippen MR) is 217 cm³/mol. The van der Waals surface area contributed by atoms with E-state index in [1.165, 1.54) is 13.0 Å². The van der Waals surface area contributed by atoms with Crippen LogP contribution in [0.4, 0.5) is 26.3 Å². The van der Waals surface area contributed by atoms with E-state index in [-0.39, 0.29) is 23.5 Å². The maximum Gasteiger partial charge on any atom is 0.416 e. The fourth-order valence-corrected chi connectivity index (χ4v) is 7.86. The predicted octanol–water partition coefficient (Wildman–Crippen LogP) is 9.57. The highest BCUT2D eigenvalue weighted by atomic mass is 19.4. The number of benzene rings is 4. The summed E-state index contributed by atoms with van der Waals surface area (Å²) in [7, 11) is 0. The highest BCUT2D eigenvalue weighted by Crippen LogP contribution is 2.37.